The molecule has 1 aliphatic rings. The molecular weight excluding hydrogens is 453 g/mol. The molecule has 170 valence electrons. The van der Waals surface area contributed by atoms with Gasteiger partial charge in [0, 0.05) is 26.2 Å². The summed E-state index contributed by atoms with van der Waals surface area (Å²) < 4.78 is 66.4. The van der Waals surface area contributed by atoms with Crippen LogP contribution in [0, 0.1) is 5.82 Å². The third-order valence-electron chi connectivity index (χ3n) is 5.15. The minimum atomic E-state index is -4.22. The van der Waals surface area contributed by atoms with Gasteiger partial charge in [0.05, 0.1) is 6.26 Å². The number of halogens is 1. The molecule has 1 N–H and O–H groups in total. The average Bonchev–Trinajstić information content (AvgIpc) is 2.69. The van der Waals surface area contributed by atoms with Gasteiger partial charge in [-0.25, -0.2) is 25.5 Å². The fraction of sp³-hybridized carbons (Fsp3) is 0.611. The minimum absolute atomic E-state index is 0.205. The van der Waals surface area contributed by atoms with Crippen LogP contribution < -0.4 is 4.72 Å². The Labute approximate surface area is 182 Å². The van der Waals surface area contributed by atoms with Gasteiger partial charge in [0.25, 0.3) is 0 Å². The van der Waals surface area contributed by atoms with Crippen molar-refractivity contribution in [1.82, 2.24) is 13.9 Å². The molecule has 1 fully saturated rings. The Balaban J connectivity index is 2.12. The maximum absolute atomic E-state index is 14.0. The summed E-state index contributed by atoms with van der Waals surface area (Å²) in [4.78, 5) is 14.1. The lowest BCUT2D eigenvalue weighted by atomic mass is 10.0. The summed E-state index contributed by atoms with van der Waals surface area (Å²) in [5.41, 5.74) is 0. The summed E-state index contributed by atoms with van der Waals surface area (Å²) in [6, 6.07) is 3.79. The number of nitrogens with zero attached hydrogens (tertiary/aromatic N) is 2. The Morgan fingerprint density at radius 3 is 2.40 bits per heavy atom. The van der Waals surface area contributed by atoms with Gasteiger partial charge in [0.15, 0.2) is 0 Å². The zero-order chi connectivity index (χ0) is 22.5. The maximum Gasteiger partial charge on any atom is 0.244 e. The molecule has 1 unspecified atom stereocenters. The van der Waals surface area contributed by atoms with Crippen molar-refractivity contribution in [3.05, 3.63) is 30.1 Å². The average molecular weight is 482 g/mol. The molecule has 0 aromatic heterocycles. The van der Waals surface area contributed by atoms with E-state index in [1.165, 1.54) is 35.2 Å². The monoisotopic (exact) mass is 481 g/mol. The summed E-state index contributed by atoms with van der Waals surface area (Å²) in [5.74, 6) is -0.723. The predicted octanol–water partition coefficient (Wildman–Crippen LogP) is 1.11. The first kappa shape index (κ1) is 25.1. The van der Waals surface area contributed by atoms with Crippen molar-refractivity contribution in [1.29, 1.82) is 0 Å². The lowest BCUT2D eigenvalue weighted by Crippen LogP contribution is -2.53. The number of likely N-dealkylation sites (tertiary alicyclic amines) is 1. The summed E-state index contributed by atoms with van der Waals surface area (Å²) >= 11 is 1.47. The van der Waals surface area contributed by atoms with Crippen molar-refractivity contribution in [2.45, 2.75) is 36.2 Å². The van der Waals surface area contributed by atoms with Gasteiger partial charge in [-0.15, -0.1) is 0 Å². The number of benzene rings is 1. The topological polar surface area (TPSA) is 104 Å². The van der Waals surface area contributed by atoms with Gasteiger partial charge in [-0.05, 0) is 43.4 Å². The van der Waals surface area contributed by atoms with Crippen LogP contribution >= 0.6 is 11.8 Å². The van der Waals surface area contributed by atoms with E-state index in [4.69, 9.17) is 0 Å². The molecule has 1 heterocycles. The van der Waals surface area contributed by atoms with Crippen LogP contribution in [0.15, 0.2) is 29.2 Å². The lowest BCUT2D eigenvalue weighted by molar-refractivity contribution is -0.134. The van der Waals surface area contributed by atoms with Crippen LogP contribution in [-0.2, 0) is 24.8 Å². The van der Waals surface area contributed by atoms with Crippen LogP contribution in [-0.4, -0.2) is 82.4 Å². The Hall–Kier alpha value is -1.21. The highest BCUT2D eigenvalue weighted by Crippen LogP contribution is 2.20. The molecule has 1 aromatic carbocycles. The fourth-order valence-corrected chi connectivity index (χ4v) is 5.85. The summed E-state index contributed by atoms with van der Waals surface area (Å²) in [6.45, 7) is 0.640. The Bertz CT molecular complexity index is 948. The second kappa shape index (κ2) is 10.4. The number of nitrogens with one attached hydrogen (secondary N) is 1. The number of hydrogen-bond donors (Lipinski definition) is 1. The van der Waals surface area contributed by atoms with E-state index in [1.54, 1.807) is 4.90 Å². The van der Waals surface area contributed by atoms with E-state index in [-0.39, 0.29) is 18.4 Å². The van der Waals surface area contributed by atoms with Crippen LogP contribution in [0.25, 0.3) is 0 Å². The van der Waals surface area contributed by atoms with Gasteiger partial charge in [0.1, 0.15) is 16.8 Å². The van der Waals surface area contributed by atoms with E-state index < -0.39 is 36.8 Å². The number of carbonyl (C=O) groups is 1. The second-order valence-corrected chi connectivity index (χ2v) is 11.9. The molecule has 1 amide bonds. The lowest BCUT2D eigenvalue weighted by Gasteiger charge is -2.37. The molecule has 12 heteroatoms. The number of carbonyl (C=O) groups excluding carboxylic acids is 1. The van der Waals surface area contributed by atoms with E-state index in [2.05, 4.69) is 4.72 Å². The molecule has 0 aliphatic carbocycles. The van der Waals surface area contributed by atoms with Crippen molar-refractivity contribution in [3.63, 3.8) is 0 Å². The van der Waals surface area contributed by atoms with Crippen molar-refractivity contribution in [2.75, 3.05) is 38.4 Å². The van der Waals surface area contributed by atoms with Gasteiger partial charge in [-0.2, -0.15) is 16.5 Å². The quantitative estimate of drug-likeness (QED) is 0.567. The fourth-order valence-electron chi connectivity index (χ4n) is 3.32. The summed E-state index contributed by atoms with van der Waals surface area (Å²) in [5, 5.41) is 0. The molecular formula is C18H28FN3O5S3. The maximum atomic E-state index is 14.0. The zero-order valence-electron chi connectivity index (χ0n) is 17.2. The Kier molecular flexibility index (Phi) is 8.69. The highest BCUT2D eigenvalue weighted by Gasteiger charge is 2.34. The highest BCUT2D eigenvalue weighted by molar-refractivity contribution is 7.98. The number of sulfonamides is 2. The molecule has 1 saturated heterocycles. The molecule has 1 atom stereocenters. The standard InChI is InChI=1S/C18H28FN3O5S3/c1-21(29(3,24)25)14-8-11-22(12-9-14)18(23)16(10-13-28-2)20-30(26,27)17-7-5-4-6-15(17)19/h4-7,14,16,20H,8-13H2,1-3H3. The number of hydrogen-bond acceptors (Lipinski definition) is 6. The molecule has 1 aromatic rings. The third kappa shape index (κ3) is 6.39. The number of piperidine rings is 1. The summed E-state index contributed by atoms with van der Waals surface area (Å²) in [7, 11) is -6.03. The van der Waals surface area contributed by atoms with E-state index >= 15 is 0 Å². The number of rotatable bonds is 9. The van der Waals surface area contributed by atoms with Gasteiger partial charge < -0.3 is 4.90 Å². The molecule has 30 heavy (non-hydrogen) atoms. The van der Waals surface area contributed by atoms with Crippen molar-refractivity contribution >= 4 is 37.7 Å². The SMILES string of the molecule is CSCCC(NS(=O)(=O)c1ccccc1F)C(=O)N1CCC(N(C)S(C)(=O)=O)CC1. The van der Waals surface area contributed by atoms with Crippen LogP contribution in [0.5, 0.6) is 0 Å². The van der Waals surface area contributed by atoms with Crippen molar-refractivity contribution in [3.8, 4) is 0 Å². The minimum Gasteiger partial charge on any atom is -0.341 e. The van der Waals surface area contributed by atoms with Gasteiger partial charge in [-0.1, -0.05) is 12.1 Å². The van der Waals surface area contributed by atoms with Crippen LogP contribution in [0.4, 0.5) is 4.39 Å². The van der Waals surface area contributed by atoms with E-state index in [9.17, 15) is 26.0 Å². The third-order valence-corrected chi connectivity index (χ3v) is 8.64. The van der Waals surface area contributed by atoms with Crippen molar-refractivity contribution < 1.29 is 26.0 Å². The van der Waals surface area contributed by atoms with Crippen LogP contribution in [0.2, 0.25) is 0 Å². The number of thioether (sulfide) groups is 1. The Morgan fingerprint density at radius 2 is 1.87 bits per heavy atom. The van der Waals surface area contributed by atoms with Gasteiger partial charge in [0.2, 0.25) is 26.0 Å². The first-order chi connectivity index (χ1) is 14.0. The Morgan fingerprint density at radius 1 is 1.27 bits per heavy atom. The molecule has 0 bridgehead atoms. The van der Waals surface area contributed by atoms with Crippen LogP contribution in [0.1, 0.15) is 19.3 Å². The van der Waals surface area contributed by atoms with Gasteiger partial charge in [-0.3, -0.25) is 4.79 Å². The molecule has 0 spiro atoms. The molecule has 0 saturated carbocycles. The largest absolute Gasteiger partial charge is 0.341 e. The van der Waals surface area contributed by atoms with Crippen LogP contribution in [0.3, 0.4) is 0 Å². The highest BCUT2D eigenvalue weighted by atomic mass is 32.2. The predicted molar refractivity (Wildman–Crippen MR) is 116 cm³/mol. The molecule has 1 aliphatic heterocycles. The normalized spacial score (nSPS) is 17.3. The van der Waals surface area contributed by atoms with Gasteiger partial charge >= 0.3 is 0 Å². The summed E-state index contributed by atoms with van der Waals surface area (Å²) in [6.07, 6.45) is 4.17. The smallest absolute Gasteiger partial charge is 0.244 e. The zero-order valence-corrected chi connectivity index (χ0v) is 19.7. The first-order valence-corrected chi connectivity index (χ1v) is 14.2. The molecule has 8 nitrogen and oxygen atoms in total. The second-order valence-electron chi connectivity index (χ2n) is 7.22. The number of amides is 1. The van der Waals surface area contributed by atoms with E-state index in [1.807, 2.05) is 6.26 Å². The first-order valence-electron chi connectivity index (χ1n) is 9.45. The van der Waals surface area contributed by atoms with E-state index in [0.717, 1.165) is 18.4 Å². The van der Waals surface area contributed by atoms with E-state index in [0.29, 0.717) is 31.7 Å². The molecule has 0 radical (unpaired) electrons. The molecule has 2 rings (SSSR count). The van der Waals surface area contributed by atoms with Crippen molar-refractivity contribution in [2.24, 2.45) is 0 Å².